The van der Waals surface area contributed by atoms with Gasteiger partial charge in [-0.3, -0.25) is 14.5 Å². The number of benzene rings is 4. The van der Waals surface area contributed by atoms with Gasteiger partial charge in [0.1, 0.15) is 11.5 Å². The smallest absolute Gasteiger partial charge is 0.300 e. The molecule has 5 heteroatoms. The number of rotatable bonds is 5. The topological polar surface area (TPSA) is 66.8 Å². The maximum atomic E-state index is 13.5. The van der Waals surface area contributed by atoms with Crippen LogP contribution < -0.4 is 9.64 Å². The summed E-state index contributed by atoms with van der Waals surface area (Å²) < 4.78 is 5.60. The number of aliphatic hydroxyl groups excluding tert-OH is 1. The Kier molecular flexibility index (Phi) is 5.83. The molecule has 0 aromatic heterocycles. The van der Waals surface area contributed by atoms with Crippen molar-refractivity contribution in [1.82, 2.24) is 0 Å². The van der Waals surface area contributed by atoms with Gasteiger partial charge in [-0.15, -0.1) is 0 Å². The van der Waals surface area contributed by atoms with Gasteiger partial charge in [0.05, 0.1) is 18.7 Å². The molecular formula is C30H25NO4. The zero-order chi connectivity index (χ0) is 24.5. The lowest BCUT2D eigenvalue weighted by molar-refractivity contribution is -0.132. The van der Waals surface area contributed by atoms with Crippen LogP contribution >= 0.6 is 0 Å². The summed E-state index contributed by atoms with van der Waals surface area (Å²) in [4.78, 5) is 28.4. The van der Waals surface area contributed by atoms with Gasteiger partial charge in [0.2, 0.25) is 0 Å². The molecule has 5 nitrogen and oxygen atoms in total. The largest absolute Gasteiger partial charge is 0.507 e. The lowest BCUT2D eigenvalue weighted by Crippen LogP contribution is -2.29. The van der Waals surface area contributed by atoms with Gasteiger partial charge < -0.3 is 9.84 Å². The number of methoxy groups -OCH3 is 1. The van der Waals surface area contributed by atoms with Crippen molar-refractivity contribution in [3.8, 4) is 5.75 Å². The second kappa shape index (κ2) is 9.11. The van der Waals surface area contributed by atoms with Gasteiger partial charge in [-0.25, -0.2) is 0 Å². The maximum Gasteiger partial charge on any atom is 0.300 e. The fraction of sp³-hybridized carbons (Fsp3) is 0.133. The van der Waals surface area contributed by atoms with Crippen LogP contribution in [0.15, 0.2) is 96.6 Å². The maximum absolute atomic E-state index is 13.5. The number of ether oxygens (including phenoxy) is 1. The van der Waals surface area contributed by atoms with E-state index in [2.05, 4.69) is 6.92 Å². The highest BCUT2D eigenvalue weighted by Gasteiger charge is 2.48. The zero-order valence-corrected chi connectivity index (χ0v) is 19.6. The molecular weight excluding hydrogens is 438 g/mol. The third-order valence-corrected chi connectivity index (χ3v) is 6.55. The summed E-state index contributed by atoms with van der Waals surface area (Å²) in [6, 6.07) is 27.1. The molecule has 1 atom stereocenters. The molecule has 1 amide bonds. The number of Topliss-reactive ketones (excluding diaryl/α,β-unsaturated/α-hetero) is 1. The van der Waals surface area contributed by atoms with Crippen LogP contribution in [0.3, 0.4) is 0 Å². The van der Waals surface area contributed by atoms with Crippen molar-refractivity contribution in [3.63, 3.8) is 0 Å². The lowest BCUT2D eigenvalue weighted by Gasteiger charge is -2.27. The molecule has 1 aliphatic heterocycles. The SMILES string of the molecule is CCc1ccc(N2C(=O)C(=O)/C(=C(/O)c3cccc4ccccc34)C2c2ccccc2OC)cc1. The van der Waals surface area contributed by atoms with Gasteiger partial charge in [-0.05, 0) is 41.0 Å². The fourth-order valence-electron chi connectivity index (χ4n) is 4.75. The van der Waals surface area contributed by atoms with Crippen molar-refractivity contribution in [3.05, 3.63) is 113 Å². The van der Waals surface area contributed by atoms with Crippen LogP contribution in [0.1, 0.15) is 29.7 Å². The molecule has 1 heterocycles. The molecule has 1 saturated heterocycles. The number of hydrogen-bond acceptors (Lipinski definition) is 4. The number of carbonyl (C=O) groups is 2. The number of aliphatic hydroxyl groups is 1. The molecule has 35 heavy (non-hydrogen) atoms. The van der Waals surface area contributed by atoms with E-state index >= 15 is 0 Å². The Bertz CT molecular complexity index is 1460. The van der Waals surface area contributed by atoms with Crippen LogP contribution in [0, 0.1) is 0 Å². The number of anilines is 1. The monoisotopic (exact) mass is 463 g/mol. The number of aryl methyl sites for hydroxylation is 1. The molecule has 0 radical (unpaired) electrons. The van der Waals surface area contributed by atoms with Gasteiger partial charge in [0, 0.05) is 16.8 Å². The van der Waals surface area contributed by atoms with E-state index in [9.17, 15) is 14.7 Å². The van der Waals surface area contributed by atoms with Gasteiger partial charge in [0.15, 0.2) is 0 Å². The minimum absolute atomic E-state index is 0.0374. The highest BCUT2D eigenvalue weighted by molar-refractivity contribution is 6.51. The molecule has 1 unspecified atom stereocenters. The van der Waals surface area contributed by atoms with Crippen LogP contribution in [-0.2, 0) is 16.0 Å². The summed E-state index contributed by atoms with van der Waals surface area (Å²) in [5, 5.41) is 13.3. The lowest BCUT2D eigenvalue weighted by atomic mass is 9.92. The Morgan fingerprint density at radius 3 is 2.31 bits per heavy atom. The first-order valence-corrected chi connectivity index (χ1v) is 11.6. The Balaban J connectivity index is 1.78. The first-order chi connectivity index (χ1) is 17.0. The highest BCUT2D eigenvalue weighted by Crippen LogP contribution is 2.45. The standard InChI is InChI=1S/C30H25NO4/c1-3-19-15-17-21(18-16-19)31-27(24-12-6-7-14-25(24)35-2)26(29(33)30(31)34)28(32)23-13-8-10-20-9-4-5-11-22(20)23/h4-18,27,32H,3H2,1-2H3/b28-26+. The third kappa shape index (κ3) is 3.75. The average Bonchev–Trinajstić information content (AvgIpc) is 3.17. The van der Waals surface area contributed by atoms with Gasteiger partial charge in [0.25, 0.3) is 11.7 Å². The van der Waals surface area contributed by atoms with Crippen LogP contribution in [0.4, 0.5) is 5.69 Å². The molecule has 4 aromatic rings. The van der Waals surface area contributed by atoms with Crippen LogP contribution in [0.25, 0.3) is 16.5 Å². The van der Waals surface area contributed by atoms with E-state index in [0.29, 0.717) is 22.6 Å². The molecule has 1 N–H and O–H groups in total. The van der Waals surface area contributed by atoms with E-state index < -0.39 is 17.7 Å². The number of para-hydroxylation sites is 1. The van der Waals surface area contributed by atoms with Crippen LogP contribution in [-0.4, -0.2) is 23.9 Å². The average molecular weight is 464 g/mol. The molecule has 1 fully saturated rings. The van der Waals surface area contributed by atoms with Crippen molar-refractivity contribution in [2.75, 3.05) is 12.0 Å². The molecule has 1 aliphatic rings. The third-order valence-electron chi connectivity index (χ3n) is 6.55. The normalized spacial score (nSPS) is 17.2. The summed E-state index contributed by atoms with van der Waals surface area (Å²) >= 11 is 0. The van der Waals surface area contributed by atoms with E-state index in [1.165, 1.54) is 4.90 Å². The van der Waals surface area contributed by atoms with Gasteiger partial charge >= 0.3 is 0 Å². The van der Waals surface area contributed by atoms with Crippen LogP contribution in [0.2, 0.25) is 0 Å². The van der Waals surface area contributed by atoms with Gasteiger partial charge in [-0.1, -0.05) is 79.7 Å². The second-order valence-corrected chi connectivity index (χ2v) is 8.46. The fourth-order valence-corrected chi connectivity index (χ4v) is 4.75. The van der Waals surface area contributed by atoms with E-state index in [-0.39, 0.29) is 11.3 Å². The summed E-state index contributed by atoms with van der Waals surface area (Å²) in [6.07, 6.45) is 0.857. The summed E-state index contributed by atoms with van der Waals surface area (Å²) in [5.41, 5.74) is 2.86. The molecule has 0 spiro atoms. The first-order valence-electron chi connectivity index (χ1n) is 11.6. The molecule has 4 aromatic carbocycles. The second-order valence-electron chi connectivity index (χ2n) is 8.46. The van der Waals surface area contributed by atoms with Gasteiger partial charge in [-0.2, -0.15) is 0 Å². The molecule has 0 aliphatic carbocycles. The number of carbonyl (C=O) groups excluding carboxylic acids is 2. The van der Waals surface area contributed by atoms with Crippen molar-refractivity contribution in [1.29, 1.82) is 0 Å². The van der Waals surface area contributed by atoms with E-state index in [0.717, 1.165) is 22.8 Å². The van der Waals surface area contributed by atoms with Crippen molar-refractivity contribution < 1.29 is 19.4 Å². The van der Waals surface area contributed by atoms with E-state index in [1.54, 1.807) is 19.2 Å². The minimum atomic E-state index is -0.849. The Labute approximate surface area is 203 Å². The molecule has 0 bridgehead atoms. The van der Waals surface area contributed by atoms with Crippen LogP contribution in [0.5, 0.6) is 5.75 Å². The zero-order valence-electron chi connectivity index (χ0n) is 19.6. The van der Waals surface area contributed by atoms with Crippen molar-refractivity contribution in [2.24, 2.45) is 0 Å². The quantitative estimate of drug-likeness (QED) is 0.223. The number of hydrogen-bond donors (Lipinski definition) is 1. The predicted octanol–water partition coefficient (Wildman–Crippen LogP) is 6.04. The molecule has 5 rings (SSSR count). The molecule has 0 saturated carbocycles. The first kappa shape index (κ1) is 22.4. The Morgan fingerprint density at radius 2 is 1.57 bits per heavy atom. The number of ketones is 1. The summed E-state index contributed by atoms with van der Waals surface area (Å²) in [5.74, 6) is -1.10. The summed E-state index contributed by atoms with van der Waals surface area (Å²) in [7, 11) is 1.55. The summed E-state index contributed by atoms with van der Waals surface area (Å²) in [6.45, 7) is 2.06. The van der Waals surface area contributed by atoms with E-state index in [1.807, 2.05) is 78.9 Å². The van der Waals surface area contributed by atoms with Crippen molar-refractivity contribution in [2.45, 2.75) is 19.4 Å². The Morgan fingerprint density at radius 1 is 0.886 bits per heavy atom. The van der Waals surface area contributed by atoms with E-state index in [4.69, 9.17) is 4.74 Å². The minimum Gasteiger partial charge on any atom is -0.507 e. The Hall–Kier alpha value is -4.38. The highest BCUT2D eigenvalue weighted by atomic mass is 16.5. The van der Waals surface area contributed by atoms with Crippen molar-refractivity contribution >= 4 is 33.9 Å². The number of fused-ring (bicyclic) bond motifs is 1. The number of nitrogens with zero attached hydrogens (tertiary/aromatic N) is 1. The predicted molar refractivity (Wildman–Crippen MR) is 138 cm³/mol. The number of amides is 1. The molecule has 174 valence electrons.